The van der Waals surface area contributed by atoms with Crippen LogP contribution in [0.15, 0.2) is 42.7 Å². The summed E-state index contributed by atoms with van der Waals surface area (Å²) in [6.45, 7) is 4.71. The van der Waals surface area contributed by atoms with E-state index in [1.54, 1.807) is 44.4 Å². The van der Waals surface area contributed by atoms with Crippen molar-refractivity contribution >= 4 is 30.0 Å². The fourth-order valence-electron chi connectivity index (χ4n) is 2.72. The zero-order valence-corrected chi connectivity index (χ0v) is 16.1. The van der Waals surface area contributed by atoms with Crippen LogP contribution in [0.25, 0.3) is 11.2 Å². The van der Waals surface area contributed by atoms with Crippen LogP contribution in [0.4, 0.5) is 0 Å². The van der Waals surface area contributed by atoms with E-state index in [0.29, 0.717) is 30.7 Å². The van der Waals surface area contributed by atoms with E-state index in [4.69, 9.17) is 14.8 Å². The Morgan fingerprint density at radius 1 is 1.11 bits per heavy atom. The summed E-state index contributed by atoms with van der Waals surface area (Å²) in [6.07, 6.45) is 1.65. The molecule has 0 radical (unpaired) electrons. The summed E-state index contributed by atoms with van der Waals surface area (Å²) in [5.41, 5.74) is 7.66. The zero-order chi connectivity index (χ0) is 19.4. The van der Waals surface area contributed by atoms with Gasteiger partial charge in [-0.1, -0.05) is 12.1 Å². The minimum Gasteiger partial charge on any atom is -0.364 e. The van der Waals surface area contributed by atoms with Crippen LogP contribution < -0.4 is 11.0 Å². The number of primary amides is 1. The first-order chi connectivity index (χ1) is 13.0. The van der Waals surface area contributed by atoms with Crippen molar-refractivity contribution < 1.29 is 18.4 Å². The molecule has 2 N–H and O–H groups in total. The molecule has 0 aliphatic heterocycles. The molecule has 0 saturated carbocycles. The first-order valence-corrected chi connectivity index (χ1v) is 10.1. The molecule has 0 atom stereocenters. The lowest BCUT2D eigenvalue weighted by molar-refractivity contribution is 0.0996. The lowest BCUT2D eigenvalue weighted by Gasteiger charge is -2.17. The normalized spacial score (nSPS) is 11.8. The van der Waals surface area contributed by atoms with Gasteiger partial charge in [-0.05, 0) is 43.7 Å². The Bertz CT molecular complexity index is 990. The number of aromatic nitrogens is 3. The molecule has 0 aliphatic carbocycles. The quantitative estimate of drug-likeness (QED) is 0.594. The Morgan fingerprint density at radius 2 is 1.78 bits per heavy atom. The standard InChI is InChI=1S/C18H21N4O4P/c1-3-25-27(24,26-4-2)14-7-5-13(6-8-14)11-22-12-20-18-16(22)10-9-15(21-18)17(19)23/h5-10,12H,3-4,11H2,1-2H3,(H2,19,23). The average Bonchev–Trinajstić information content (AvgIpc) is 3.05. The maximum Gasteiger partial charge on any atom is 0.361 e. The fourth-order valence-corrected chi connectivity index (χ4v) is 4.28. The smallest absolute Gasteiger partial charge is 0.361 e. The molecule has 142 valence electrons. The predicted octanol–water partition coefficient (Wildman–Crippen LogP) is 2.47. The van der Waals surface area contributed by atoms with Gasteiger partial charge in [-0.25, -0.2) is 9.97 Å². The van der Waals surface area contributed by atoms with E-state index in [-0.39, 0.29) is 5.69 Å². The van der Waals surface area contributed by atoms with Gasteiger partial charge in [0.25, 0.3) is 5.91 Å². The second-order valence-corrected chi connectivity index (χ2v) is 7.80. The van der Waals surface area contributed by atoms with E-state index in [1.807, 2.05) is 16.7 Å². The summed E-state index contributed by atoms with van der Waals surface area (Å²) in [5, 5.41) is 0.526. The van der Waals surface area contributed by atoms with Gasteiger partial charge in [0, 0.05) is 6.54 Å². The first kappa shape index (κ1) is 19.2. The molecule has 2 aromatic heterocycles. The van der Waals surface area contributed by atoms with Gasteiger partial charge in [-0.3, -0.25) is 9.36 Å². The maximum absolute atomic E-state index is 12.8. The number of hydrogen-bond acceptors (Lipinski definition) is 6. The van der Waals surface area contributed by atoms with Gasteiger partial charge in [-0.2, -0.15) is 0 Å². The number of fused-ring (bicyclic) bond motifs is 1. The average molecular weight is 388 g/mol. The number of imidazole rings is 1. The number of rotatable bonds is 8. The van der Waals surface area contributed by atoms with Crippen LogP contribution in [0, 0.1) is 0 Å². The van der Waals surface area contributed by atoms with Crippen molar-refractivity contribution in [3.63, 3.8) is 0 Å². The molecule has 0 unspecified atom stereocenters. The number of carbonyl (C=O) groups excluding carboxylic acids is 1. The van der Waals surface area contributed by atoms with Gasteiger partial charge in [0.1, 0.15) is 5.69 Å². The molecule has 2 heterocycles. The number of pyridine rings is 1. The molecule has 3 aromatic rings. The lowest BCUT2D eigenvalue weighted by Crippen LogP contribution is -2.13. The highest BCUT2D eigenvalue weighted by Crippen LogP contribution is 2.46. The Kier molecular flexibility index (Phi) is 5.70. The SMILES string of the molecule is CCOP(=O)(OCC)c1ccc(Cn2cnc3nc(C(N)=O)ccc32)cc1. The number of nitrogens with two attached hydrogens (primary N) is 1. The van der Waals surface area contributed by atoms with E-state index in [2.05, 4.69) is 9.97 Å². The highest BCUT2D eigenvalue weighted by molar-refractivity contribution is 7.62. The molecule has 0 fully saturated rings. The second kappa shape index (κ2) is 8.00. The van der Waals surface area contributed by atoms with Crippen LogP contribution in [0.1, 0.15) is 29.9 Å². The number of nitrogens with zero attached hydrogens (tertiary/aromatic N) is 3. The third kappa shape index (κ3) is 4.08. The first-order valence-electron chi connectivity index (χ1n) is 8.57. The fraction of sp³-hybridized carbons (Fsp3) is 0.278. The molecule has 9 heteroatoms. The number of benzene rings is 1. The molecule has 3 rings (SSSR count). The minimum absolute atomic E-state index is 0.180. The highest BCUT2D eigenvalue weighted by Gasteiger charge is 2.26. The number of hydrogen-bond donors (Lipinski definition) is 1. The second-order valence-electron chi connectivity index (χ2n) is 5.78. The molecule has 0 saturated heterocycles. The largest absolute Gasteiger partial charge is 0.364 e. The van der Waals surface area contributed by atoms with Crippen LogP contribution in [-0.2, 0) is 20.2 Å². The Morgan fingerprint density at radius 3 is 2.37 bits per heavy atom. The summed E-state index contributed by atoms with van der Waals surface area (Å²) in [4.78, 5) is 19.6. The van der Waals surface area contributed by atoms with Crippen molar-refractivity contribution in [1.82, 2.24) is 14.5 Å². The van der Waals surface area contributed by atoms with Crippen LogP contribution in [0.2, 0.25) is 0 Å². The van der Waals surface area contributed by atoms with Crippen LogP contribution in [0.3, 0.4) is 0 Å². The molecule has 1 aromatic carbocycles. The van der Waals surface area contributed by atoms with Crippen molar-refractivity contribution in [2.24, 2.45) is 5.73 Å². The number of amides is 1. The monoisotopic (exact) mass is 388 g/mol. The van der Waals surface area contributed by atoms with E-state index < -0.39 is 13.5 Å². The molecule has 0 aliphatic rings. The van der Waals surface area contributed by atoms with Gasteiger partial charge >= 0.3 is 7.60 Å². The van der Waals surface area contributed by atoms with Crippen molar-refractivity contribution in [1.29, 1.82) is 0 Å². The third-order valence-electron chi connectivity index (χ3n) is 3.94. The van der Waals surface area contributed by atoms with E-state index >= 15 is 0 Å². The molecule has 27 heavy (non-hydrogen) atoms. The Balaban J connectivity index is 1.83. The summed E-state index contributed by atoms with van der Waals surface area (Å²) in [6, 6.07) is 10.6. The summed E-state index contributed by atoms with van der Waals surface area (Å²) < 4.78 is 25.4. The van der Waals surface area contributed by atoms with Crippen molar-refractivity contribution in [2.45, 2.75) is 20.4 Å². The molecule has 0 bridgehead atoms. The minimum atomic E-state index is -3.29. The van der Waals surface area contributed by atoms with Crippen molar-refractivity contribution in [2.75, 3.05) is 13.2 Å². The van der Waals surface area contributed by atoms with Crippen LogP contribution >= 0.6 is 7.60 Å². The lowest BCUT2D eigenvalue weighted by atomic mass is 10.2. The maximum atomic E-state index is 12.8. The summed E-state index contributed by atoms with van der Waals surface area (Å²) in [7, 11) is -3.29. The van der Waals surface area contributed by atoms with Gasteiger partial charge in [0.05, 0.1) is 30.4 Å². The molecular formula is C18H21N4O4P. The molecule has 0 spiro atoms. The number of carbonyl (C=O) groups is 1. The van der Waals surface area contributed by atoms with Crippen molar-refractivity contribution in [3.8, 4) is 0 Å². The predicted molar refractivity (Wildman–Crippen MR) is 102 cm³/mol. The zero-order valence-electron chi connectivity index (χ0n) is 15.2. The van der Waals surface area contributed by atoms with Crippen molar-refractivity contribution in [3.05, 3.63) is 54.0 Å². The third-order valence-corrected chi connectivity index (χ3v) is 6.07. The highest BCUT2D eigenvalue weighted by atomic mass is 31.2. The summed E-state index contributed by atoms with van der Waals surface area (Å²) in [5.74, 6) is -0.588. The van der Waals surface area contributed by atoms with E-state index in [0.717, 1.165) is 11.1 Å². The van der Waals surface area contributed by atoms with Gasteiger partial charge in [-0.15, -0.1) is 0 Å². The molecular weight excluding hydrogens is 367 g/mol. The van der Waals surface area contributed by atoms with E-state index in [1.165, 1.54) is 0 Å². The molecule has 8 nitrogen and oxygen atoms in total. The Labute approximate surface area is 156 Å². The topological polar surface area (TPSA) is 109 Å². The van der Waals surface area contributed by atoms with Crippen LogP contribution in [0.5, 0.6) is 0 Å². The van der Waals surface area contributed by atoms with Gasteiger partial charge in [0.15, 0.2) is 5.65 Å². The Hall–Kier alpha value is -2.54. The summed E-state index contributed by atoms with van der Waals surface area (Å²) >= 11 is 0. The molecule has 1 amide bonds. The van der Waals surface area contributed by atoms with Gasteiger partial charge < -0.3 is 19.3 Å². The van der Waals surface area contributed by atoms with Crippen LogP contribution in [-0.4, -0.2) is 33.7 Å². The van der Waals surface area contributed by atoms with E-state index in [9.17, 15) is 9.36 Å². The van der Waals surface area contributed by atoms with Gasteiger partial charge in [0.2, 0.25) is 0 Å².